The summed E-state index contributed by atoms with van der Waals surface area (Å²) in [6.45, 7) is 1.75. The molecule has 0 spiro atoms. The lowest BCUT2D eigenvalue weighted by Gasteiger charge is -2.23. The van der Waals surface area contributed by atoms with Gasteiger partial charge in [0.2, 0.25) is 0 Å². The molecule has 1 heterocycles. The summed E-state index contributed by atoms with van der Waals surface area (Å²) >= 11 is 0. The highest BCUT2D eigenvalue weighted by atomic mass is 16.4. The first-order valence-electron chi connectivity index (χ1n) is 5.72. The molecule has 1 saturated heterocycles. The minimum Gasteiger partial charge on any atom is -0.481 e. The maximum Gasteiger partial charge on any atom is 0.311 e. The van der Waals surface area contributed by atoms with E-state index in [1.165, 1.54) is 0 Å². The third-order valence-corrected chi connectivity index (χ3v) is 4.01. The molecule has 1 aliphatic heterocycles. The van der Waals surface area contributed by atoms with Gasteiger partial charge in [-0.05, 0) is 18.8 Å². The van der Waals surface area contributed by atoms with Gasteiger partial charge in [-0.2, -0.15) is 0 Å². The highest BCUT2D eigenvalue weighted by Crippen LogP contribution is 2.48. The normalized spacial score (nSPS) is 33.9. The molecular weight excluding hydrogens is 210 g/mol. The molecule has 0 bridgehead atoms. The molecule has 0 amide bonds. The average Bonchev–Trinajstić information content (AvgIpc) is 2.70. The Morgan fingerprint density at radius 2 is 2.12 bits per heavy atom. The van der Waals surface area contributed by atoms with Crippen LogP contribution in [0, 0.1) is 11.3 Å². The van der Waals surface area contributed by atoms with Crippen LogP contribution in [0.5, 0.6) is 0 Å². The Labute approximate surface area is 94.0 Å². The Bertz CT molecular complexity index is 317. The molecule has 0 aromatic heterocycles. The molecule has 16 heavy (non-hydrogen) atoms. The van der Waals surface area contributed by atoms with Crippen molar-refractivity contribution in [3.8, 4) is 0 Å². The number of carbonyl (C=O) groups is 2. The average molecular weight is 227 g/mol. The summed E-state index contributed by atoms with van der Waals surface area (Å²) in [5.41, 5.74) is -0.585. The molecule has 0 aromatic carbocycles. The molecule has 5 nitrogen and oxygen atoms in total. The van der Waals surface area contributed by atoms with Gasteiger partial charge >= 0.3 is 11.9 Å². The Balaban J connectivity index is 1.99. The van der Waals surface area contributed by atoms with Gasteiger partial charge in [-0.25, -0.2) is 0 Å². The number of likely N-dealkylation sites (tertiary alicyclic amines) is 1. The van der Waals surface area contributed by atoms with Crippen molar-refractivity contribution in [3.63, 3.8) is 0 Å². The first kappa shape index (κ1) is 11.4. The van der Waals surface area contributed by atoms with E-state index in [4.69, 9.17) is 5.11 Å². The van der Waals surface area contributed by atoms with Crippen LogP contribution >= 0.6 is 0 Å². The Morgan fingerprint density at radius 1 is 1.38 bits per heavy atom. The van der Waals surface area contributed by atoms with Crippen LogP contribution in [-0.2, 0) is 9.59 Å². The van der Waals surface area contributed by atoms with Gasteiger partial charge in [-0.3, -0.25) is 9.59 Å². The fourth-order valence-corrected chi connectivity index (χ4v) is 3.17. The number of carboxylic acids is 2. The highest BCUT2D eigenvalue weighted by Gasteiger charge is 2.54. The van der Waals surface area contributed by atoms with Crippen molar-refractivity contribution >= 4 is 11.9 Å². The van der Waals surface area contributed by atoms with Crippen molar-refractivity contribution in [1.82, 2.24) is 4.90 Å². The zero-order valence-electron chi connectivity index (χ0n) is 9.19. The second-order valence-corrected chi connectivity index (χ2v) is 4.93. The van der Waals surface area contributed by atoms with E-state index < -0.39 is 17.4 Å². The van der Waals surface area contributed by atoms with E-state index in [2.05, 4.69) is 0 Å². The summed E-state index contributed by atoms with van der Waals surface area (Å²) in [6.07, 6.45) is 2.80. The second kappa shape index (κ2) is 4.05. The van der Waals surface area contributed by atoms with Gasteiger partial charge in [-0.1, -0.05) is 6.42 Å². The minimum absolute atomic E-state index is 0.0996. The Kier molecular flexibility index (Phi) is 2.88. The maximum absolute atomic E-state index is 11.3. The molecule has 2 atom stereocenters. The van der Waals surface area contributed by atoms with Crippen LogP contribution in [0.15, 0.2) is 0 Å². The van der Waals surface area contributed by atoms with E-state index in [1.807, 2.05) is 4.90 Å². The van der Waals surface area contributed by atoms with E-state index in [0.29, 0.717) is 13.1 Å². The van der Waals surface area contributed by atoms with Gasteiger partial charge in [0, 0.05) is 19.6 Å². The van der Waals surface area contributed by atoms with Gasteiger partial charge < -0.3 is 15.1 Å². The Morgan fingerprint density at radius 3 is 2.69 bits per heavy atom. The number of hydrogen-bond donors (Lipinski definition) is 2. The van der Waals surface area contributed by atoms with Crippen LogP contribution < -0.4 is 0 Å². The summed E-state index contributed by atoms with van der Waals surface area (Å²) in [5.74, 6) is -1.30. The second-order valence-electron chi connectivity index (χ2n) is 4.93. The number of fused-ring (bicyclic) bond motifs is 1. The highest BCUT2D eigenvalue weighted by molar-refractivity contribution is 5.76. The number of carboxylic acid groups (broad SMARTS) is 2. The molecule has 2 fully saturated rings. The predicted molar refractivity (Wildman–Crippen MR) is 56.1 cm³/mol. The first-order chi connectivity index (χ1) is 7.54. The summed E-state index contributed by atoms with van der Waals surface area (Å²) in [5, 5.41) is 17.9. The lowest BCUT2D eigenvalue weighted by molar-refractivity contribution is -0.149. The van der Waals surface area contributed by atoms with Gasteiger partial charge in [0.1, 0.15) is 0 Å². The fourth-order valence-electron chi connectivity index (χ4n) is 3.17. The molecule has 0 radical (unpaired) electrons. The van der Waals surface area contributed by atoms with E-state index in [-0.39, 0.29) is 12.3 Å². The van der Waals surface area contributed by atoms with Gasteiger partial charge in [0.25, 0.3) is 0 Å². The molecule has 1 aliphatic carbocycles. The van der Waals surface area contributed by atoms with Crippen molar-refractivity contribution in [2.24, 2.45) is 11.3 Å². The van der Waals surface area contributed by atoms with Crippen LogP contribution in [-0.4, -0.2) is 46.7 Å². The number of hydrogen-bond acceptors (Lipinski definition) is 3. The zero-order valence-corrected chi connectivity index (χ0v) is 9.19. The third kappa shape index (κ3) is 1.80. The van der Waals surface area contributed by atoms with Crippen molar-refractivity contribution in [2.45, 2.75) is 25.7 Å². The topological polar surface area (TPSA) is 77.8 Å². The molecule has 2 N–H and O–H groups in total. The van der Waals surface area contributed by atoms with Gasteiger partial charge in [-0.15, -0.1) is 0 Å². The minimum atomic E-state index is -0.818. The van der Waals surface area contributed by atoms with E-state index >= 15 is 0 Å². The number of nitrogens with zero attached hydrogens (tertiary/aromatic N) is 1. The largest absolute Gasteiger partial charge is 0.481 e. The predicted octanol–water partition coefficient (Wildman–Crippen LogP) is 0.648. The van der Waals surface area contributed by atoms with E-state index in [1.54, 1.807) is 0 Å². The van der Waals surface area contributed by atoms with Crippen LogP contribution in [0.1, 0.15) is 25.7 Å². The van der Waals surface area contributed by atoms with Gasteiger partial charge in [0.15, 0.2) is 0 Å². The summed E-state index contributed by atoms with van der Waals surface area (Å²) in [4.78, 5) is 23.8. The summed E-state index contributed by atoms with van der Waals surface area (Å²) in [7, 11) is 0. The van der Waals surface area contributed by atoms with Crippen LogP contribution in [0.25, 0.3) is 0 Å². The molecule has 2 rings (SSSR count). The molecule has 90 valence electrons. The van der Waals surface area contributed by atoms with Crippen LogP contribution in [0.2, 0.25) is 0 Å². The first-order valence-corrected chi connectivity index (χ1v) is 5.72. The van der Waals surface area contributed by atoms with E-state index in [0.717, 1.165) is 25.8 Å². The maximum atomic E-state index is 11.3. The SMILES string of the molecule is O=C(O)CCN1C[C@@H]2CCC[C@@]2(C(=O)O)C1. The summed E-state index contributed by atoms with van der Waals surface area (Å²) in [6, 6.07) is 0. The molecule has 0 unspecified atom stereocenters. The van der Waals surface area contributed by atoms with Crippen LogP contribution in [0.3, 0.4) is 0 Å². The van der Waals surface area contributed by atoms with Crippen molar-refractivity contribution in [2.75, 3.05) is 19.6 Å². The van der Waals surface area contributed by atoms with Crippen LogP contribution in [0.4, 0.5) is 0 Å². The number of aliphatic carboxylic acids is 2. The molecule has 1 saturated carbocycles. The Hall–Kier alpha value is -1.10. The molecular formula is C11H17NO4. The standard InChI is InChI=1S/C11H17NO4/c13-9(14)3-5-12-6-8-2-1-4-11(8,7-12)10(15)16/h8H,1-7H2,(H,13,14)(H,15,16)/t8-,11+/m0/s1. The van der Waals surface area contributed by atoms with E-state index in [9.17, 15) is 14.7 Å². The monoisotopic (exact) mass is 227 g/mol. The number of rotatable bonds is 4. The third-order valence-electron chi connectivity index (χ3n) is 4.01. The van der Waals surface area contributed by atoms with Crippen molar-refractivity contribution in [1.29, 1.82) is 0 Å². The molecule has 5 heteroatoms. The summed E-state index contributed by atoms with van der Waals surface area (Å²) < 4.78 is 0. The van der Waals surface area contributed by atoms with Gasteiger partial charge in [0.05, 0.1) is 11.8 Å². The van der Waals surface area contributed by atoms with Crippen molar-refractivity contribution in [3.05, 3.63) is 0 Å². The lowest BCUT2D eigenvalue weighted by atomic mass is 9.81. The quantitative estimate of drug-likeness (QED) is 0.737. The lowest BCUT2D eigenvalue weighted by Crippen LogP contribution is -2.36. The van der Waals surface area contributed by atoms with Crippen molar-refractivity contribution < 1.29 is 19.8 Å². The zero-order chi connectivity index (χ0) is 11.8. The molecule has 2 aliphatic rings. The fraction of sp³-hybridized carbons (Fsp3) is 0.818. The molecule has 0 aromatic rings. The smallest absolute Gasteiger partial charge is 0.311 e.